The van der Waals surface area contributed by atoms with Crippen molar-refractivity contribution in [2.24, 2.45) is 0 Å². The number of aromatic nitrogens is 2. The number of nitrogens with zero attached hydrogens (tertiary/aromatic N) is 4. The summed E-state index contributed by atoms with van der Waals surface area (Å²) in [5, 5.41) is 4.43. The second-order valence-corrected chi connectivity index (χ2v) is 5.75. The third-order valence-corrected chi connectivity index (χ3v) is 4.41. The second-order valence-electron chi connectivity index (χ2n) is 5.75. The summed E-state index contributed by atoms with van der Waals surface area (Å²) in [6.45, 7) is 7.49. The summed E-state index contributed by atoms with van der Waals surface area (Å²) in [4.78, 5) is 5.17. The molecular formula is C14H24N4O. The van der Waals surface area contributed by atoms with Gasteiger partial charge in [0.25, 0.3) is 0 Å². The topological polar surface area (TPSA) is 33.5 Å². The summed E-state index contributed by atoms with van der Waals surface area (Å²) < 4.78 is 7.08. The van der Waals surface area contributed by atoms with E-state index in [-0.39, 0.29) is 0 Å². The van der Waals surface area contributed by atoms with Gasteiger partial charge in [0, 0.05) is 38.5 Å². The third-order valence-electron chi connectivity index (χ3n) is 4.41. The molecule has 2 fully saturated rings. The number of rotatable bonds is 4. The molecule has 3 heterocycles. The van der Waals surface area contributed by atoms with Gasteiger partial charge < -0.3 is 9.64 Å². The third kappa shape index (κ3) is 2.62. The lowest BCUT2D eigenvalue weighted by molar-refractivity contribution is 0.183. The van der Waals surface area contributed by atoms with E-state index < -0.39 is 0 Å². The van der Waals surface area contributed by atoms with Crippen LogP contribution in [0.2, 0.25) is 0 Å². The van der Waals surface area contributed by atoms with Crippen LogP contribution in [0.3, 0.4) is 0 Å². The average molecular weight is 264 g/mol. The molecule has 0 amide bonds. The molecule has 2 aliphatic rings. The lowest BCUT2D eigenvalue weighted by Crippen LogP contribution is -2.55. The van der Waals surface area contributed by atoms with Crippen molar-refractivity contribution in [2.75, 3.05) is 38.3 Å². The quantitative estimate of drug-likeness (QED) is 0.818. The van der Waals surface area contributed by atoms with Crippen molar-refractivity contribution >= 4 is 5.69 Å². The zero-order valence-electron chi connectivity index (χ0n) is 12.0. The van der Waals surface area contributed by atoms with Gasteiger partial charge in [-0.25, -0.2) is 0 Å². The first-order valence-corrected chi connectivity index (χ1v) is 7.30. The Hall–Kier alpha value is -1.07. The van der Waals surface area contributed by atoms with Gasteiger partial charge in [-0.3, -0.25) is 9.58 Å². The number of anilines is 1. The molecule has 0 bridgehead atoms. The van der Waals surface area contributed by atoms with E-state index in [4.69, 9.17) is 4.74 Å². The molecule has 0 spiro atoms. The standard InChI is InChI=1S/C14H24N4O/c1-12-9-16-5-3-4-13(16)11-18(12)14-8-15-17(10-14)6-7-19-2/h8,10,12-13H,3-7,9,11H2,1-2H3. The molecule has 1 aromatic heterocycles. The van der Waals surface area contributed by atoms with Gasteiger partial charge in [0.05, 0.1) is 25.0 Å². The number of ether oxygens (including phenoxy) is 1. The maximum Gasteiger partial charge on any atom is 0.0755 e. The van der Waals surface area contributed by atoms with Crippen LogP contribution in [-0.2, 0) is 11.3 Å². The Morgan fingerprint density at radius 2 is 2.32 bits per heavy atom. The number of fused-ring (bicyclic) bond motifs is 1. The summed E-state index contributed by atoms with van der Waals surface area (Å²) in [5.74, 6) is 0. The smallest absolute Gasteiger partial charge is 0.0755 e. The zero-order chi connectivity index (χ0) is 13.2. The van der Waals surface area contributed by atoms with Crippen molar-refractivity contribution in [3.63, 3.8) is 0 Å². The minimum absolute atomic E-state index is 0.578. The van der Waals surface area contributed by atoms with E-state index in [1.807, 2.05) is 10.9 Å². The van der Waals surface area contributed by atoms with Crippen LogP contribution < -0.4 is 4.90 Å². The second kappa shape index (κ2) is 5.51. The Morgan fingerprint density at radius 3 is 3.16 bits per heavy atom. The van der Waals surface area contributed by atoms with Gasteiger partial charge in [-0.15, -0.1) is 0 Å². The molecule has 0 radical (unpaired) electrons. The van der Waals surface area contributed by atoms with Gasteiger partial charge in [-0.1, -0.05) is 0 Å². The van der Waals surface area contributed by atoms with Gasteiger partial charge in [0.2, 0.25) is 0 Å². The molecule has 5 heteroatoms. The summed E-state index contributed by atoms with van der Waals surface area (Å²) in [6, 6.07) is 1.33. The molecule has 0 N–H and O–H groups in total. The fourth-order valence-corrected chi connectivity index (χ4v) is 3.36. The largest absolute Gasteiger partial charge is 0.383 e. The molecule has 2 atom stereocenters. The van der Waals surface area contributed by atoms with Crippen LogP contribution in [0.5, 0.6) is 0 Å². The molecule has 19 heavy (non-hydrogen) atoms. The van der Waals surface area contributed by atoms with E-state index in [9.17, 15) is 0 Å². The van der Waals surface area contributed by atoms with E-state index in [1.54, 1.807) is 7.11 Å². The number of methoxy groups -OCH3 is 1. The molecule has 106 valence electrons. The van der Waals surface area contributed by atoms with Gasteiger partial charge in [-0.05, 0) is 26.3 Å². The molecule has 0 saturated carbocycles. The summed E-state index contributed by atoms with van der Waals surface area (Å²) in [6.07, 6.45) is 6.86. The Balaban J connectivity index is 1.68. The zero-order valence-corrected chi connectivity index (χ0v) is 12.0. The highest BCUT2D eigenvalue weighted by Gasteiger charge is 2.34. The molecule has 1 aromatic rings. The highest BCUT2D eigenvalue weighted by Crippen LogP contribution is 2.28. The van der Waals surface area contributed by atoms with Crippen molar-refractivity contribution in [2.45, 2.75) is 38.4 Å². The van der Waals surface area contributed by atoms with Crippen molar-refractivity contribution in [1.29, 1.82) is 0 Å². The first-order chi connectivity index (χ1) is 9.28. The monoisotopic (exact) mass is 264 g/mol. The summed E-state index contributed by atoms with van der Waals surface area (Å²) in [5.41, 5.74) is 1.26. The van der Waals surface area contributed by atoms with Crippen LogP contribution in [0, 0.1) is 0 Å². The van der Waals surface area contributed by atoms with Gasteiger partial charge in [-0.2, -0.15) is 5.10 Å². The van der Waals surface area contributed by atoms with Crippen LogP contribution in [0.25, 0.3) is 0 Å². The summed E-state index contributed by atoms with van der Waals surface area (Å²) in [7, 11) is 1.73. The van der Waals surface area contributed by atoms with Crippen molar-refractivity contribution in [3.05, 3.63) is 12.4 Å². The van der Waals surface area contributed by atoms with E-state index in [1.165, 1.54) is 31.6 Å². The lowest BCUT2D eigenvalue weighted by Gasteiger charge is -2.43. The fraction of sp³-hybridized carbons (Fsp3) is 0.786. The minimum Gasteiger partial charge on any atom is -0.383 e. The molecule has 2 saturated heterocycles. The maximum absolute atomic E-state index is 5.10. The van der Waals surface area contributed by atoms with Crippen LogP contribution in [0.15, 0.2) is 12.4 Å². The van der Waals surface area contributed by atoms with E-state index in [0.717, 1.165) is 19.1 Å². The van der Waals surface area contributed by atoms with Crippen LogP contribution in [0.1, 0.15) is 19.8 Å². The number of hydrogen-bond donors (Lipinski definition) is 0. The lowest BCUT2D eigenvalue weighted by atomic mass is 10.1. The molecule has 0 aliphatic carbocycles. The normalized spacial score (nSPS) is 27.8. The molecule has 0 aromatic carbocycles. The van der Waals surface area contributed by atoms with Gasteiger partial charge in [0.1, 0.15) is 0 Å². The van der Waals surface area contributed by atoms with Crippen LogP contribution in [-0.4, -0.2) is 60.1 Å². The van der Waals surface area contributed by atoms with E-state index in [0.29, 0.717) is 12.6 Å². The molecule has 3 rings (SSSR count). The van der Waals surface area contributed by atoms with E-state index >= 15 is 0 Å². The Labute approximate surface area is 115 Å². The maximum atomic E-state index is 5.10. The first kappa shape index (κ1) is 12.9. The highest BCUT2D eigenvalue weighted by atomic mass is 16.5. The first-order valence-electron chi connectivity index (χ1n) is 7.30. The van der Waals surface area contributed by atoms with Crippen molar-refractivity contribution in [1.82, 2.24) is 14.7 Å². The van der Waals surface area contributed by atoms with Gasteiger partial charge in [0.15, 0.2) is 0 Å². The molecule has 5 nitrogen and oxygen atoms in total. The Kier molecular flexibility index (Phi) is 3.75. The number of piperazine rings is 1. The predicted octanol–water partition coefficient (Wildman–Crippen LogP) is 1.20. The minimum atomic E-state index is 0.578. The molecular weight excluding hydrogens is 240 g/mol. The Bertz CT molecular complexity index is 419. The number of hydrogen-bond acceptors (Lipinski definition) is 4. The average Bonchev–Trinajstić information content (AvgIpc) is 3.03. The van der Waals surface area contributed by atoms with Crippen molar-refractivity contribution < 1.29 is 4.74 Å². The predicted molar refractivity (Wildman–Crippen MR) is 75.5 cm³/mol. The highest BCUT2D eigenvalue weighted by molar-refractivity contribution is 5.44. The van der Waals surface area contributed by atoms with Crippen LogP contribution >= 0.6 is 0 Å². The SMILES string of the molecule is COCCn1cc(N2CC3CCCN3CC2C)cn1. The summed E-state index contributed by atoms with van der Waals surface area (Å²) >= 11 is 0. The van der Waals surface area contributed by atoms with E-state index in [2.05, 4.69) is 28.0 Å². The molecule has 2 aliphatic heterocycles. The molecule has 2 unspecified atom stereocenters. The van der Waals surface area contributed by atoms with Crippen molar-refractivity contribution in [3.8, 4) is 0 Å². The van der Waals surface area contributed by atoms with Crippen LogP contribution in [0.4, 0.5) is 5.69 Å². The van der Waals surface area contributed by atoms with Gasteiger partial charge >= 0.3 is 0 Å². The fourth-order valence-electron chi connectivity index (χ4n) is 3.36. The Morgan fingerprint density at radius 1 is 1.42 bits per heavy atom.